The Kier molecular flexibility index (Phi) is 4.36. The van der Waals surface area contributed by atoms with Gasteiger partial charge in [0.15, 0.2) is 0 Å². The fourth-order valence-corrected chi connectivity index (χ4v) is 2.43. The van der Waals surface area contributed by atoms with Crippen LogP contribution in [0.15, 0.2) is 24.3 Å². The van der Waals surface area contributed by atoms with Crippen molar-refractivity contribution in [2.75, 3.05) is 25.0 Å². The number of aliphatic hydroxyl groups is 1. The minimum Gasteiger partial charge on any atom is -0.392 e. The first-order valence-electron chi connectivity index (χ1n) is 5.60. The van der Waals surface area contributed by atoms with Crippen molar-refractivity contribution in [2.45, 2.75) is 12.5 Å². The van der Waals surface area contributed by atoms with Crippen LogP contribution in [0.4, 0.5) is 5.69 Å². The molecule has 1 saturated heterocycles. The fraction of sp³-hybridized carbons (Fsp3) is 0.417. The van der Waals surface area contributed by atoms with Crippen LogP contribution in [0.1, 0.15) is 6.42 Å². The number of carbonyl (C=O) groups is 1. The molecule has 0 aromatic heterocycles. The van der Waals surface area contributed by atoms with Crippen LogP contribution in [0.2, 0.25) is 0 Å². The van der Waals surface area contributed by atoms with Crippen LogP contribution in [-0.4, -0.2) is 41.7 Å². The molecule has 4 nitrogen and oxygen atoms in total. The number of hydrogen-bond acceptors (Lipinski definition) is 3. The first-order chi connectivity index (χ1) is 8.15. The molecule has 1 amide bonds. The van der Waals surface area contributed by atoms with Gasteiger partial charge in [-0.2, -0.15) is 0 Å². The molecule has 2 N–H and O–H groups in total. The number of amides is 1. The molecule has 1 atom stereocenters. The number of halogens is 1. The second-order valence-corrected chi connectivity index (χ2v) is 5.37. The van der Waals surface area contributed by atoms with Crippen LogP contribution >= 0.6 is 22.6 Å². The normalized spacial score (nSPS) is 20.5. The zero-order valence-electron chi connectivity index (χ0n) is 9.40. The van der Waals surface area contributed by atoms with E-state index < -0.39 is 0 Å². The van der Waals surface area contributed by atoms with E-state index >= 15 is 0 Å². The minimum atomic E-state index is -0.278. The maximum atomic E-state index is 11.8. The quantitative estimate of drug-likeness (QED) is 0.812. The summed E-state index contributed by atoms with van der Waals surface area (Å²) in [7, 11) is 0. The van der Waals surface area contributed by atoms with Crippen LogP contribution in [-0.2, 0) is 4.79 Å². The van der Waals surface area contributed by atoms with Gasteiger partial charge < -0.3 is 10.4 Å². The lowest BCUT2D eigenvalue weighted by Crippen LogP contribution is -2.32. The number of likely N-dealkylation sites (tertiary alicyclic amines) is 1. The van der Waals surface area contributed by atoms with E-state index in [1.54, 1.807) is 0 Å². The molecular weight excluding hydrogens is 331 g/mol. The molecule has 5 heteroatoms. The Hall–Kier alpha value is -0.660. The van der Waals surface area contributed by atoms with E-state index in [1.807, 2.05) is 29.2 Å². The summed E-state index contributed by atoms with van der Waals surface area (Å²) in [4.78, 5) is 13.8. The van der Waals surface area contributed by atoms with Gasteiger partial charge in [0.2, 0.25) is 5.91 Å². The maximum Gasteiger partial charge on any atom is 0.238 e. The molecule has 0 aliphatic carbocycles. The summed E-state index contributed by atoms with van der Waals surface area (Å²) in [5, 5.41) is 12.3. The van der Waals surface area contributed by atoms with E-state index in [1.165, 1.54) is 0 Å². The Labute approximate surface area is 114 Å². The zero-order valence-corrected chi connectivity index (χ0v) is 11.6. The molecule has 17 heavy (non-hydrogen) atoms. The first-order valence-corrected chi connectivity index (χ1v) is 6.68. The Morgan fingerprint density at radius 2 is 2.29 bits per heavy atom. The lowest BCUT2D eigenvalue weighted by molar-refractivity contribution is -0.117. The molecule has 0 radical (unpaired) electrons. The van der Waals surface area contributed by atoms with E-state index in [0.29, 0.717) is 13.1 Å². The fourth-order valence-electron chi connectivity index (χ4n) is 1.91. The van der Waals surface area contributed by atoms with Crippen LogP contribution in [0.5, 0.6) is 0 Å². The molecule has 1 aliphatic rings. The van der Waals surface area contributed by atoms with Gasteiger partial charge in [0.25, 0.3) is 0 Å². The van der Waals surface area contributed by atoms with Crippen molar-refractivity contribution >= 4 is 34.2 Å². The molecule has 0 bridgehead atoms. The summed E-state index contributed by atoms with van der Waals surface area (Å²) in [6.07, 6.45) is 0.482. The van der Waals surface area contributed by atoms with Crippen molar-refractivity contribution in [1.29, 1.82) is 0 Å². The molecule has 0 spiro atoms. The van der Waals surface area contributed by atoms with Gasteiger partial charge in [-0.15, -0.1) is 0 Å². The Morgan fingerprint density at radius 3 is 2.94 bits per heavy atom. The summed E-state index contributed by atoms with van der Waals surface area (Å²) in [6.45, 7) is 1.74. The number of aliphatic hydroxyl groups excluding tert-OH is 1. The molecule has 1 unspecified atom stereocenters. The van der Waals surface area contributed by atoms with E-state index in [0.717, 1.165) is 22.2 Å². The monoisotopic (exact) mass is 346 g/mol. The van der Waals surface area contributed by atoms with Gasteiger partial charge in [-0.05, 0) is 41.1 Å². The largest absolute Gasteiger partial charge is 0.392 e. The molecule has 1 aromatic carbocycles. The zero-order chi connectivity index (χ0) is 12.3. The van der Waals surface area contributed by atoms with Crippen molar-refractivity contribution in [1.82, 2.24) is 4.90 Å². The van der Waals surface area contributed by atoms with Crippen LogP contribution in [0.3, 0.4) is 0 Å². The Morgan fingerprint density at radius 1 is 1.53 bits per heavy atom. The van der Waals surface area contributed by atoms with E-state index in [-0.39, 0.29) is 12.0 Å². The number of benzene rings is 1. The number of rotatable bonds is 3. The summed E-state index contributed by atoms with van der Waals surface area (Å²) >= 11 is 2.19. The number of para-hydroxylation sites is 1. The van der Waals surface area contributed by atoms with Gasteiger partial charge in [0.1, 0.15) is 0 Å². The van der Waals surface area contributed by atoms with Crippen molar-refractivity contribution in [2.24, 2.45) is 0 Å². The first kappa shape index (κ1) is 12.8. The maximum absolute atomic E-state index is 11.8. The number of β-amino-alcohol motifs (C(OH)–C–C–N with tert-alkyl or cyclic N) is 1. The van der Waals surface area contributed by atoms with E-state index in [2.05, 4.69) is 27.9 Å². The topological polar surface area (TPSA) is 52.6 Å². The Bertz CT molecular complexity index is 411. The SMILES string of the molecule is O=C(CN1CCC(O)C1)Nc1ccccc1I. The molecule has 1 aromatic rings. The van der Waals surface area contributed by atoms with Crippen LogP contribution in [0.25, 0.3) is 0 Å². The van der Waals surface area contributed by atoms with Crippen LogP contribution in [0, 0.1) is 3.57 Å². The number of nitrogens with zero attached hydrogens (tertiary/aromatic N) is 1. The molecule has 2 rings (SSSR count). The summed E-state index contributed by atoms with van der Waals surface area (Å²) in [5.74, 6) is -0.0248. The highest BCUT2D eigenvalue weighted by Crippen LogP contribution is 2.17. The van der Waals surface area contributed by atoms with E-state index in [4.69, 9.17) is 0 Å². The summed E-state index contributed by atoms with van der Waals surface area (Å²) < 4.78 is 1.03. The second kappa shape index (κ2) is 5.79. The minimum absolute atomic E-state index is 0.0248. The van der Waals surface area contributed by atoms with Gasteiger partial charge in [-0.3, -0.25) is 9.69 Å². The predicted octanol–water partition coefficient (Wildman–Crippen LogP) is 1.30. The van der Waals surface area contributed by atoms with Gasteiger partial charge in [-0.25, -0.2) is 0 Å². The number of hydrogen-bond donors (Lipinski definition) is 2. The number of nitrogens with one attached hydrogen (secondary N) is 1. The van der Waals surface area contributed by atoms with Crippen molar-refractivity contribution < 1.29 is 9.90 Å². The molecule has 1 heterocycles. The molecule has 1 aliphatic heterocycles. The van der Waals surface area contributed by atoms with Gasteiger partial charge in [-0.1, -0.05) is 12.1 Å². The van der Waals surface area contributed by atoms with Gasteiger partial charge in [0, 0.05) is 16.7 Å². The predicted molar refractivity (Wildman–Crippen MR) is 74.9 cm³/mol. The smallest absolute Gasteiger partial charge is 0.238 e. The van der Waals surface area contributed by atoms with Crippen molar-refractivity contribution in [3.63, 3.8) is 0 Å². The molecule has 1 fully saturated rings. The standard InChI is InChI=1S/C12H15IN2O2/c13-10-3-1-2-4-11(10)14-12(17)8-15-6-5-9(16)7-15/h1-4,9,16H,5-8H2,(H,14,17). The van der Waals surface area contributed by atoms with Gasteiger partial charge >= 0.3 is 0 Å². The average molecular weight is 346 g/mol. The lowest BCUT2D eigenvalue weighted by atomic mass is 10.3. The second-order valence-electron chi connectivity index (χ2n) is 4.21. The number of carbonyl (C=O) groups excluding carboxylic acids is 1. The summed E-state index contributed by atoms with van der Waals surface area (Å²) in [6, 6.07) is 7.68. The molecule has 92 valence electrons. The van der Waals surface area contributed by atoms with Crippen molar-refractivity contribution in [3.05, 3.63) is 27.8 Å². The van der Waals surface area contributed by atoms with E-state index in [9.17, 15) is 9.90 Å². The highest BCUT2D eigenvalue weighted by molar-refractivity contribution is 14.1. The summed E-state index contributed by atoms with van der Waals surface area (Å²) in [5.41, 5.74) is 0.845. The third-order valence-electron chi connectivity index (χ3n) is 2.76. The third kappa shape index (κ3) is 3.65. The average Bonchev–Trinajstić information content (AvgIpc) is 2.67. The lowest BCUT2D eigenvalue weighted by Gasteiger charge is -2.14. The highest BCUT2D eigenvalue weighted by atomic mass is 127. The highest BCUT2D eigenvalue weighted by Gasteiger charge is 2.21. The van der Waals surface area contributed by atoms with Crippen molar-refractivity contribution in [3.8, 4) is 0 Å². The molecular formula is C12H15IN2O2. The van der Waals surface area contributed by atoms with Crippen LogP contribution < -0.4 is 5.32 Å². The number of anilines is 1. The Balaban J connectivity index is 1.87. The third-order valence-corrected chi connectivity index (χ3v) is 3.70. The molecule has 0 saturated carbocycles. The van der Waals surface area contributed by atoms with Gasteiger partial charge in [0.05, 0.1) is 18.3 Å².